The zero-order chi connectivity index (χ0) is 11.5. The summed E-state index contributed by atoms with van der Waals surface area (Å²) in [4.78, 5) is 11.0. The fourth-order valence-corrected chi connectivity index (χ4v) is 1.66. The van der Waals surface area contributed by atoms with Gasteiger partial charge in [0, 0.05) is 18.8 Å². The molecule has 1 fully saturated rings. The molecule has 1 atom stereocenters. The number of hydrogen-bond acceptors (Lipinski definition) is 3. The first-order chi connectivity index (χ1) is 7.65. The van der Waals surface area contributed by atoms with E-state index in [1.807, 2.05) is 19.2 Å². The van der Waals surface area contributed by atoms with Crippen LogP contribution in [0.15, 0.2) is 12.3 Å². The highest BCUT2D eigenvalue weighted by Gasteiger charge is 2.27. The third-order valence-electron chi connectivity index (χ3n) is 2.73. The summed E-state index contributed by atoms with van der Waals surface area (Å²) in [6, 6.07) is 1.89. The lowest BCUT2D eigenvalue weighted by Gasteiger charge is -2.13. The van der Waals surface area contributed by atoms with Gasteiger partial charge in [0.1, 0.15) is 6.04 Å². The summed E-state index contributed by atoms with van der Waals surface area (Å²) in [6.45, 7) is 2.57. The molecule has 0 aliphatic heterocycles. The van der Waals surface area contributed by atoms with Crippen molar-refractivity contribution in [2.75, 3.05) is 0 Å². The zero-order valence-electron chi connectivity index (χ0n) is 9.39. The molecular weight excluding hydrogens is 206 g/mol. The first-order valence-corrected chi connectivity index (χ1v) is 5.64. The zero-order valence-corrected chi connectivity index (χ0v) is 9.39. The number of rotatable bonds is 6. The summed E-state index contributed by atoms with van der Waals surface area (Å²) in [5.41, 5.74) is 0.960. The topological polar surface area (TPSA) is 67.2 Å². The van der Waals surface area contributed by atoms with Crippen LogP contribution in [0.25, 0.3) is 0 Å². The van der Waals surface area contributed by atoms with E-state index < -0.39 is 12.0 Å². The Bertz CT molecular complexity index is 371. The third kappa shape index (κ3) is 3.06. The number of aryl methyl sites for hydroxylation is 2. The molecule has 0 radical (unpaired) electrons. The Morgan fingerprint density at radius 2 is 2.50 bits per heavy atom. The van der Waals surface area contributed by atoms with Crippen molar-refractivity contribution in [2.24, 2.45) is 0 Å². The minimum atomic E-state index is -0.768. The molecule has 1 aromatic rings. The number of nitrogens with one attached hydrogen (secondary N) is 1. The molecule has 1 heterocycles. The van der Waals surface area contributed by atoms with Crippen molar-refractivity contribution in [3.05, 3.63) is 18.0 Å². The van der Waals surface area contributed by atoms with Crippen LogP contribution >= 0.6 is 0 Å². The van der Waals surface area contributed by atoms with Crippen LogP contribution in [0.4, 0.5) is 0 Å². The van der Waals surface area contributed by atoms with Crippen molar-refractivity contribution in [3.8, 4) is 0 Å². The molecule has 1 aliphatic carbocycles. The second-order valence-corrected chi connectivity index (χ2v) is 4.34. The summed E-state index contributed by atoms with van der Waals surface area (Å²) >= 11 is 0. The number of aromatic nitrogens is 2. The molecule has 88 valence electrons. The van der Waals surface area contributed by atoms with Crippen LogP contribution in [-0.4, -0.2) is 32.9 Å². The Labute approximate surface area is 94.5 Å². The Kier molecular flexibility index (Phi) is 3.24. The van der Waals surface area contributed by atoms with Crippen LogP contribution in [0, 0.1) is 6.92 Å². The van der Waals surface area contributed by atoms with Gasteiger partial charge in [-0.15, -0.1) is 0 Å². The monoisotopic (exact) mass is 223 g/mol. The molecule has 5 heteroatoms. The highest BCUT2D eigenvalue weighted by Crippen LogP contribution is 2.20. The number of aliphatic carboxylic acids is 1. The average molecular weight is 223 g/mol. The van der Waals surface area contributed by atoms with Gasteiger partial charge in [0.2, 0.25) is 0 Å². The molecular formula is C11H17N3O2. The normalized spacial score (nSPS) is 17.3. The third-order valence-corrected chi connectivity index (χ3v) is 2.73. The lowest BCUT2D eigenvalue weighted by Crippen LogP contribution is -2.38. The van der Waals surface area contributed by atoms with E-state index in [2.05, 4.69) is 10.4 Å². The fraction of sp³-hybridized carbons (Fsp3) is 0.636. The van der Waals surface area contributed by atoms with Gasteiger partial charge < -0.3 is 10.4 Å². The first kappa shape index (κ1) is 11.1. The largest absolute Gasteiger partial charge is 0.480 e. The second kappa shape index (κ2) is 4.65. The molecule has 0 saturated heterocycles. The summed E-state index contributed by atoms with van der Waals surface area (Å²) in [5, 5.41) is 16.4. The Morgan fingerprint density at radius 1 is 1.75 bits per heavy atom. The van der Waals surface area contributed by atoms with E-state index in [0.29, 0.717) is 19.0 Å². The van der Waals surface area contributed by atoms with E-state index in [9.17, 15) is 4.79 Å². The molecule has 1 unspecified atom stereocenters. The van der Waals surface area contributed by atoms with Crippen molar-refractivity contribution < 1.29 is 9.90 Å². The van der Waals surface area contributed by atoms with E-state index in [-0.39, 0.29) is 0 Å². The van der Waals surface area contributed by atoms with Crippen molar-refractivity contribution in [1.82, 2.24) is 15.1 Å². The molecule has 5 nitrogen and oxygen atoms in total. The first-order valence-electron chi connectivity index (χ1n) is 5.64. The fourth-order valence-electron chi connectivity index (χ4n) is 1.66. The summed E-state index contributed by atoms with van der Waals surface area (Å²) in [6.07, 6.45) is 4.66. The van der Waals surface area contributed by atoms with Gasteiger partial charge in [-0.3, -0.25) is 9.48 Å². The smallest absolute Gasteiger partial charge is 0.320 e. The van der Waals surface area contributed by atoms with Crippen molar-refractivity contribution in [1.29, 1.82) is 0 Å². The van der Waals surface area contributed by atoms with E-state index >= 15 is 0 Å². The molecule has 1 aliphatic rings. The number of carboxylic acids is 1. The number of carbonyl (C=O) groups is 1. The quantitative estimate of drug-likeness (QED) is 0.748. The molecule has 0 amide bonds. The maximum Gasteiger partial charge on any atom is 0.320 e. The number of nitrogens with zero attached hydrogens (tertiary/aromatic N) is 2. The second-order valence-electron chi connectivity index (χ2n) is 4.34. The minimum Gasteiger partial charge on any atom is -0.480 e. The summed E-state index contributed by atoms with van der Waals surface area (Å²) < 4.78 is 1.79. The Balaban J connectivity index is 1.83. The molecule has 0 aromatic carbocycles. The summed E-state index contributed by atoms with van der Waals surface area (Å²) in [7, 11) is 0. The summed E-state index contributed by atoms with van der Waals surface area (Å²) in [5.74, 6) is -0.768. The van der Waals surface area contributed by atoms with Crippen LogP contribution in [0.3, 0.4) is 0 Å². The van der Waals surface area contributed by atoms with Gasteiger partial charge >= 0.3 is 5.97 Å². The molecule has 2 N–H and O–H groups in total. The molecule has 2 rings (SSSR count). The van der Waals surface area contributed by atoms with Crippen molar-refractivity contribution in [2.45, 2.75) is 44.8 Å². The van der Waals surface area contributed by atoms with E-state index in [1.165, 1.54) is 0 Å². The van der Waals surface area contributed by atoms with Crippen LogP contribution in [0.5, 0.6) is 0 Å². The van der Waals surface area contributed by atoms with Gasteiger partial charge in [-0.1, -0.05) is 0 Å². The Hall–Kier alpha value is -1.36. The number of carboxylic acid groups (broad SMARTS) is 1. The van der Waals surface area contributed by atoms with Crippen LogP contribution in [0.1, 0.15) is 25.0 Å². The lowest BCUT2D eigenvalue weighted by molar-refractivity contribution is -0.139. The lowest BCUT2D eigenvalue weighted by atomic mass is 10.2. The highest BCUT2D eigenvalue weighted by molar-refractivity contribution is 5.73. The maximum absolute atomic E-state index is 11.0. The SMILES string of the molecule is Cc1ccn(CCC(NC2CC2)C(=O)O)n1. The molecule has 0 spiro atoms. The molecule has 16 heavy (non-hydrogen) atoms. The van der Waals surface area contributed by atoms with Gasteiger partial charge in [-0.2, -0.15) is 5.10 Å². The van der Waals surface area contributed by atoms with E-state index in [4.69, 9.17) is 5.11 Å². The standard InChI is InChI=1S/C11H17N3O2/c1-8-4-6-14(13-8)7-5-10(11(15)16)12-9-2-3-9/h4,6,9-10,12H,2-3,5,7H2,1H3,(H,15,16). The predicted molar refractivity (Wildman–Crippen MR) is 59.2 cm³/mol. The minimum absolute atomic E-state index is 0.417. The van der Waals surface area contributed by atoms with Gasteiger partial charge in [0.25, 0.3) is 0 Å². The van der Waals surface area contributed by atoms with Crippen LogP contribution in [0.2, 0.25) is 0 Å². The van der Waals surface area contributed by atoms with Gasteiger partial charge in [0.15, 0.2) is 0 Å². The van der Waals surface area contributed by atoms with E-state index in [0.717, 1.165) is 18.5 Å². The maximum atomic E-state index is 11.0. The molecule has 1 aromatic heterocycles. The predicted octanol–water partition coefficient (Wildman–Crippen LogP) is 0.787. The van der Waals surface area contributed by atoms with Crippen LogP contribution < -0.4 is 5.32 Å². The van der Waals surface area contributed by atoms with Crippen LogP contribution in [-0.2, 0) is 11.3 Å². The molecule has 1 saturated carbocycles. The highest BCUT2D eigenvalue weighted by atomic mass is 16.4. The van der Waals surface area contributed by atoms with E-state index in [1.54, 1.807) is 4.68 Å². The van der Waals surface area contributed by atoms with Crippen molar-refractivity contribution >= 4 is 5.97 Å². The average Bonchev–Trinajstić information content (AvgIpc) is 2.95. The molecule has 0 bridgehead atoms. The van der Waals surface area contributed by atoms with Gasteiger partial charge in [0.05, 0.1) is 5.69 Å². The Morgan fingerprint density at radius 3 is 3.00 bits per heavy atom. The van der Waals surface area contributed by atoms with Gasteiger partial charge in [-0.05, 0) is 32.3 Å². The van der Waals surface area contributed by atoms with Gasteiger partial charge in [-0.25, -0.2) is 0 Å². The van der Waals surface area contributed by atoms with Crippen molar-refractivity contribution in [3.63, 3.8) is 0 Å². The number of hydrogen-bond donors (Lipinski definition) is 2.